The van der Waals surface area contributed by atoms with E-state index in [0.717, 1.165) is 16.9 Å². The number of esters is 1. The number of thiazole rings is 1. The Labute approximate surface area is 168 Å². The highest BCUT2D eigenvalue weighted by atomic mass is 32.1. The standard InChI is InChI=1S/C21H22N2O4S/c1-25-19(24)6-4-2-3-5-17-13-26-21(16-9-7-15(11-22)8-10-16)27-20(17)18-12-23-14-28-18/h2-3,7-10,12,14,17,20-21H,4-6,13H2,1H3/b3-2-/t17-,20+,21+/m1/s1. The molecule has 146 valence electrons. The van der Waals surface area contributed by atoms with Crippen LogP contribution in [0.4, 0.5) is 0 Å². The molecule has 1 aromatic heterocycles. The molecule has 0 spiro atoms. The van der Waals surface area contributed by atoms with Crippen molar-refractivity contribution < 1.29 is 19.0 Å². The van der Waals surface area contributed by atoms with E-state index >= 15 is 0 Å². The van der Waals surface area contributed by atoms with E-state index in [1.165, 1.54) is 7.11 Å². The number of nitrogens with zero attached hydrogens (tertiary/aromatic N) is 2. The second-order valence-corrected chi connectivity index (χ2v) is 7.36. The van der Waals surface area contributed by atoms with Gasteiger partial charge in [0.25, 0.3) is 0 Å². The Morgan fingerprint density at radius 3 is 2.89 bits per heavy atom. The monoisotopic (exact) mass is 398 g/mol. The van der Waals surface area contributed by atoms with Gasteiger partial charge < -0.3 is 14.2 Å². The van der Waals surface area contributed by atoms with E-state index < -0.39 is 6.29 Å². The number of hydrogen-bond acceptors (Lipinski definition) is 7. The molecule has 1 aliphatic rings. The summed E-state index contributed by atoms with van der Waals surface area (Å²) >= 11 is 1.57. The fourth-order valence-corrected chi connectivity index (χ4v) is 3.77. The minimum atomic E-state index is -0.473. The average Bonchev–Trinajstić information content (AvgIpc) is 3.28. The highest BCUT2D eigenvalue weighted by Crippen LogP contribution is 2.41. The summed E-state index contributed by atoms with van der Waals surface area (Å²) in [6, 6.07) is 9.36. The van der Waals surface area contributed by atoms with Crippen LogP contribution in [0.15, 0.2) is 48.1 Å². The SMILES string of the molecule is COC(=O)CC/C=C\C[C@@H]1CO[C@H](c2ccc(C#N)cc2)O[C@@H]1c1cncs1. The Morgan fingerprint density at radius 1 is 1.39 bits per heavy atom. The third kappa shape index (κ3) is 5.26. The number of benzene rings is 1. The lowest BCUT2D eigenvalue weighted by Crippen LogP contribution is -2.30. The van der Waals surface area contributed by atoms with Crippen LogP contribution in [0.25, 0.3) is 0 Å². The van der Waals surface area contributed by atoms with E-state index in [2.05, 4.69) is 21.9 Å². The summed E-state index contributed by atoms with van der Waals surface area (Å²) in [7, 11) is 1.40. The Balaban J connectivity index is 1.64. The summed E-state index contributed by atoms with van der Waals surface area (Å²) < 4.78 is 16.9. The maximum atomic E-state index is 11.2. The van der Waals surface area contributed by atoms with Gasteiger partial charge in [0.2, 0.25) is 0 Å². The highest BCUT2D eigenvalue weighted by molar-refractivity contribution is 7.09. The minimum absolute atomic E-state index is 0.118. The molecule has 0 bridgehead atoms. The van der Waals surface area contributed by atoms with Crippen LogP contribution in [-0.4, -0.2) is 24.7 Å². The van der Waals surface area contributed by atoms with Crippen LogP contribution in [0.1, 0.15) is 47.7 Å². The van der Waals surface area contributed by atoms with Crippen molar-refractivity contribution in [2.24, 2.45) is 5.92 Å². The minimum Gasteiger partial charge on any atom is -0.469 e. The van der Waals surface area contributed by atoms with Gasteiger partial charge in [0.15, 0.2) is 6.29 Å². The molecule has 3 atom stereocenters. The van der Waals surface area contributed by atoms with Gasteiger partial charge in [-0.05, 0) is 25.0 Å². The van der Waals surface area contributed by atoms with Crippen LogP contribution >= 0.6 is 11.3 Å². The summed E-state index contributed by atoms with van der Waals surface area (Å²) in [4.78, 5) is 16.4. The molecule has 1 aliphatic heterocycles. The molecular formula is C21H22N2O4S. The molecule has 2 heterocycles. The molecule has 0 N–H and O–H groups in total. The Bertz CT molecular complexity index is 827. The van der Waals surface area contributed by atoms with Gasteiger partial charge in [0.1, 0.15) is 6.10 Å². The molecule has 0 saturated carbocycles. The van der Waals surface area contributed by atoms with Gasteiger partial charge in [0.05, 0.1) is 35.7 Å². The van der Waals surface area contributed by atoms with E-state index in [9.17, 15) is 4.79 Å². The molecule has 0 radical (unpaired) electrons. The number of rotatable bonds is 7. The Hall–Kier alpha value is -2.53. The number of hydrogen-bond donors (Lipinski definition) is 0. The van der Waals surface area contributed by atoms with Crippen molar-refractivity contribution in [3.05, 3.63) is 64.1 Å². The van der Waals surface area contributed by atoms with E-state index in [1.54, 1.807) is 29.0 Å². The maximum Gasteiger partial charge on any atom is 0.305 e. The summed E-state index contributed by atoms with van der Waals surface area (Å²) in [5, 5.41) is 8.96. The van der Waals surface area contributed by atoms with Crippen LogP contribution in [-0.2, 0) is 19.0 Å². The first-order chi connectivity index (χ1) is 13.7. The van der Waals surface area contributed by atoms with Crippen LogP contribution < -0.4 is 0 Å². The van der Waals surface area contributed by atoms with Gasteiger partial charge in [-0.25, -0.2) is 0 Å². The van der Waals surface area contributed by atoms with Crippen molar-refractivity contribution in [1.82, 2.24) is 4.98 Å². The maximum absolute atomic E-state index is 11.2. The Kier molecular flexibility index (Phi) is 7.31. The Morgan fingerprint density at radius 2 is 2.21 bits per heavy atom. The molecule has 2 aromatic rings. The number of aromatic nitrogens is 1. The number of carbonyl (C=O) groups is 1. The van der Waals surface area contributed by atoms with Gasteiger partial charge in [-0.3, -0.25) is 9.78 Å². The molecular weight excluding hydrogens is 376 g/mol. The number of ether oxygens (including phenoxy) is 3. The summed E-state index contributed by atoms with van der Waals surface area (Å²) in [6.45, 7) is 0.550. The fourth-order valence-electron chi connectivity index (χ4n) is 3.02. The largest absolute Gasteiger partial charge is 0.469 e. The molecule has 28 heavy (non-hydrogen) atoms. The number of nitriles is 1. The number of allylic oxidation sites excluding steroid dienone is 2. The zero-order valence-electron chi connectivity index (χ0n) is 15.6. The third-order valence-electron chi connectivity index (χ3n) is 4.55. The van der Waals surface area contributed by atoms with Crippen molar-refractivity contribution in [3.8, 4) is 6.07 Å². The first-order valence-corrected chi connectivity index (χ1v) is 9.96. The fraction of sp³-hybridized carbons (Fsp3) is 0.381. The molecule has 6 nitrogen and oxygen atoms in total. The molecule has 1 fully saturated rings. The molecule has 0 amide bonds. The number of carbonyl (C=O) groups excluding carboxylic acids is 1. The lowest BCUT2D eigenvalue weighted by Gasteiger charge is -2.36. The summed E-state index contributed by atoms with van der Waals surface area (Å²) in [5.41, 5.74) is 3.29. The summed E-state index contributed by atoms with van der Waals surface area (Å²) in [5.74, 6) is -0.0498. The van der Waals surface area contributed by atoms with Gasteiger partial charge in [-0.2, -0.15) is 5.26 Å². The second-order valence-electron chi connectivity index (χ2n) is 6.44. The van der Waals surface area contributed by atoms with Gasteiger partial charge in [-0.15, -0.1) is 11.3 Å². The quantitative estimate of drug-likeness (QED) is 0.510. The molecule has 1 saturated heterocycles. The van der Waals surface area contributed by atoms with E-state index in [1.807, 2.05) is 24.4 Å². The normalized spacial score (nSPS) is 22.1. The summed E-state index contributed by atoms with van der Waals surface area (Å²) in [6.07, 6.45) is 7.12. The van der Waals surface area contributed by atoms with Crippen molar-refractivity contribution in [2.45, 2.75) is 31.7 Å². The van der Waals surface area contributed by atoms with Crippen molar-refractivity contribution >= 4 is 17.3 Å². The van der Waals surface area contributed by atoms with Crippen molar-refractivity contribution in [1.29, 1.82) is 5.26 Å². The van der Waals surface area contributed by atoms with Crippen molar-refractivity contribution in [3.63, 3.8) is 0 Å². The lowest BCUT2D eigenvalue weighted by molar-refractivity contribution is -0.243. The first-order valence-electron chi connectivity index (χ1n) is 9.08. The molecule has 7 heteroatoms. The topological polar surface area (TPSA) is 81.4 Å². The van der Waals surface area contributed by atoms with E-state index in [4.69, 9.17) is 14.7 Å². The molecule has 0 aliphatic carbocycles. The van der Waals surface area contributed by atoms with E-state index in [-0.39, 0.29) is 18.0 Å². The van der Waals surface area contributed by atoms with Gasteiger partial charge in [-0.1, -0.05) is 24.3 Å². The smallest absolute Gasteiger partial charge is 0.305 e. The van der Waals surface area contributed by atoms with Crippen LogP contribution in [0, 0.1) is 17.2 Å². The van der Waals surface area contributed by atoms with Gasteiger partial charge in [0, 0.05) is 24.1 Å². The number of methoxy groups -OCH3 is 1. The highest BCUT2D eigenvalue weighted by Gasteiger charge is 2.34. The van der Waals surface area contributed by atoms with Crippen LogP contribution in [0.5, 0.6) is 0 Å². The van der Waals surface area contributed by atoms with E-state index in [0.29, 0.717) is 25.0 Å². The molecule has 1 aromatic carbocycles. The first kappa shape index (κ1) is 20.2. The zero-order chi connectivity index (χ0) is 19.8. The predicted molar refractivity (Wildman–Crippen MR) is 104 cm³/mol. The lowest BCUT2D eigenvalue weighted by atomic mass is 9.96. The zero-order valence-corrected chi connectivity index (χ0v) is 16.4. The van der Waals surface area contributed by atoms with Crippen LogP contribution in [0.3, 0.4) is 0 Å². The predicted octanol–water partition coefficient (Wildman–Crippen LogP) is 4.32. The molecule has 3 rings (SSSR count). The average molecular weight is 398 g/mol. The third-order valence-corrected chi connectivity index (χ3v) is 5.39. The van der Waals surface area contributed by atoms with Crippen molar-refractivity contribution in [2.75, 3.05) is 13.7 Å². The molecule has 0 unspecified atom stereocenters. The van der Waals surface area contributed by atoms with Gasteiger partial charge >= 0.3 is 5.97 Å². The second kappa shape index (κ2) is 10.1. The van der Waals surface area contributed by atoms with Crippen LogP contribution in [0.2, 0.25) is 0 Å².